The predicted octanol–water partition coefficient (Wildman–Crippen LogP) is 4.03. The monoisotopic (exact) mass is 416 g/mol. The summed E-state index contributed by atoms with van der Waals surface area (Å²) in [7, 11) is 0. The molecule has 0 aliphatic carbocycles. The Morgan fingerprint density at radius 3 is 2.83 bits per heavy atom. The van der Waals surface area contributed by atoms with E-state index >= 15 is 0 Å². The summed E-state index contributed by atoms with van der Waals surface area (Å²) in [6.07, 6.45) is 8.46. The summed E-state index contributed by atoms with van der Waals surface area (Å²) in [4.78, 5) is 21.6. The second-order valence-electron chi connectivity index (χ2n) is 6.45. The minimum Gasteiger partial charge on any atom is -0.457 e. The van der Waals surface area contributed by atoms with Crippen LogP contribution in [0.25, 0.3) is 16.7 Å². The molecular weight excluding hydrogens is 400 g/mol. The van der Waals surface area contributed by atoms with E-state index in [1.54, 1.807) is 10.7 Å². The van der Waals surface area contributed by atoms with E-state index in [1.165, 1.54) is 24.4 Å². The molecule has 4 heterocycles. The van der Waals surface area contributed by atoms with Crippen LogP contribution < -0.4 is 10.1 Å². The van der Waals surface area contributed by atoms with Crippen LogP contribution in [0.2, 0.25) is 0 Å². The van der Waals surface area contributed by atoms with Crippen molar-refractivity contribution in [3.8, 4) is 11.5 Å². The van der Waals surface area contributed by atoms with Crippen molar-refractivity contribution < 1.29 is 4.74 Å². The molecule has 0 aliphatic rings. The van der Waals surface area contributed by atoms with Gasteiger partial charge in [0.05, 0.1) is 6.20 Å². The van der Waals surface area contributed by atoms with E-state index in [-0.39, 0.29) is 0 Å². The summed E-state index contributed by atoms with van der Waals surface area (Å²) < 4.78 is 7.72. The smallest absolute Gasteiger partial charge is 0.188 e. The second kappa shape index (κ2) is 7.56. The average molecular weight is 416 g/mol. The van der Waals surface area contributed by atoms with Crippen LogP contribution in [0, 0.1) is 6.92 Å². The van der Waals surface area contributed by atoms with Crippen molar-refractivity contribution in [2.24, 2.45) is 0 Å². The molecule has 1 N–H and O–H groups in total. The summed E-state index contributed by atoms with van der Waals surface area (Å²) >= 11 is 1.47. The first-order valence-electron chi connectivity index (χ1n) is 9.06. The first-order chi connectivity index (χ1) is 14.7. The van der Waals surface area contributed by atoms with Crippen LogP contribution in [0.5, 0.6) is 11.5 Å². The fourth-order valence-electron chi connectivity index (χ4n) is 2.99. The Labute approximate surface area is 175 Å². The molecule has 0 atom stereocenters. The third-order valence-electron chi connectivity index (χ3n) is 4.46. The Morgan fingerprint density at radius 2 is 1.97 bits per heavy atom. The number of thioether (sulfide) groups is 1. The van der Waals surface area contributed by atoms with Gasteiger partial charge in [-0.3, -0.25) is 0 Å². The zero-order chi connectivity index (χ0) is 20.5. The number of aryl methyl sites for hydroxylation is 1. The zero-order valence-corrected chi connectivity index (χ0v) is 17.0. The highest BCUT2D eigenvalue weighted by molar-refractivity contribution is 7.98. The number of benzene rings is 1. The SMILES string of the molecule is CSc1ncc2ncnc(Nc3ccc(Oc4ccn5ncnc5c4)c(C)c3)c2n1. The number of ether oxygens (including phenoxy) is 1. The predicted molar refractivity (Wildman–Crippen MR) is 114 cm³/mol. The lowest BCUT2D eigenvalue weighted by atomic mass is 10.2. The van der Waals surface area contributed by atoms with Crippen LogP contribution in [0.4, 0.5) is 11.5 Å². The Kier molecular flexibility index (Phi) is 4.60. The van der Waals surface area contributed by atoms with Gasteiger partial charge in [0, 0.05) is 18.0 Å². The molecule has 148 valence electrons. The molecule has 9 nitrogen and oxygen atoms in total. The van der Waals surface area contributed by atoms with Crippen molar-refractivity contribution in [3.05, 3.63) is 60.9 Å². The standard InChI is InChI=1S/C20H16N8OS/c1-12-7-13(26-19-18-15(22-10-24-19)9-21-20(27-18)30-2)3-4-16(12)29-14-5-6-28-17(8-14)23-11-25-28/h3-11H,1-2H3,(H,22,24,26). The zero-order valence-electron chi connectivity index (χ0n) is 16.1. The number of anilines is 2. The van der Waals surface area contributed by atoms with E-state index in [1.807, 2.05) is 49.7 Å². The fourth-order valence-corrected chi connectivity index (χ4v) is 3.33. The van der Waals surface area contributed by atoms with Crippen LogP contribution in [0.1, 0.15) is 5.56 Å². The number of aromatic nitrogens is 7. The minimum absolute atomic E-state index is 0.628. The lowest BCUT2D eigenvalue weighted by Gasteiger charge is -2.12. The molecule has 0 unspecified atom stereocenters. The van der Waals surface area contributed by atoms with Gasteiger partial charge in [0.15, 0.2) is 16.6 Å². The van der Waals surface area contributed by atoms with Gasteiger partial charge in [0.2, 0.25) is 0 Å². The number of nitrogens with zero attached hydrogens (tertiary/aromatic N) is 7. The van der Waals surface area contributed by atoms with Crippen molar-refractivity contribution in [1.29, 1.82) is 0 Å². The largest absolute Gasteiger partial charge is 0.457 e. The van der Waals surface area contributed by atoms with Gasteiger partial charge < -0.3 is 10.1 Å². The molecule has 0 saturated carbocycles. The molecule has 5 rings (SSSR count). The van der Waals surface area contributed by atoms with Gasteiger partial charge in [0.1, 0.15) is 35.2 Å². The summed E-state index contributed by atoms with van der Waals surface area (Å²) in [5.41, 5.74) is 3.93. The molecular formula is C20H16N8OS. The molecule has 0 fully saturated rings. The number of fused-ring (bicyclic) bond motifs is 2. The van der Waals surface area contributed by atoms with Gasteiger partial charge in [-0.2, -0.15) is 5.10 Å². The van der Waals surface area contributed by atoms with Gasteiger partial charge in [-0.1, -0.05) is 11.8 Å². The van der Waals surface area contributed by atoms with Gasteiger partial charge in [-0.25, -0.2) is 29.4 Å². The maximum Gasteiger partial charge on any atom is 0.188 e. The van der Waals surface area contributed by atoms with E-state index in [0.29, 0.717) is 27.8 Å². The summed E-state index contributed by atoms with van der Waals surface area (Å²) in [6, 6.07) is 9.54. The van der Waals surface area contributed by atoms with Crippen LogP contribution in [-0.4, -0.2) is 40.8 Å². The molecule has 10 heteroatoms. The number of pyridine rings is 1. The van der Waals surface area contributed by atoms with Crippen LogP contribution in [0.15, 0.2) is 60.5 Å². The quantitative estimate of drug-likeness (QED) is 0.336. The fraction of sp³-hybridized carbons (Fsp3) is 0.100. The Morgan fingerprint density at radius 1 is 1.03 bits per heavy atom. The van der Waals surface area contributed by atoms with Gasteiger partial charge >= 0.3 is 0 Å². The molecule has 4 aromatic heterocycles. The van der Waals surface area contributed by atoms with E-state index in [2.05, 4.69) is 35.3 Å². The molecule has 0 bridgehead atoms. The third-order valence-corrected chi connectivity index (χ3v) is 5.02. The van der Waals surface area contributed by atoms with Crippen molar-refractivity contribution in [2.45, 2.75) is 12.1 Å². The minimum atomic E-state index is 0.628. The topological polar surface area (TPSA) is 103 Å². The van der Waals surface area contributed by atoms with Crippen molar-refractivity contribution in [1.82, 2.24) is 34.5 Å². The van der Waals surface area contributed by atoms with Gasteiger partial charge in [-0.15, -0.1) is 0 Å². The van der Waals surface area contributed by atoms with E-state index < -0.39 is 0 Å². The average Bonchev–Trinajstić information content (AvgIpc) is 3.23. The molecule has 0 spiro atoms. The first kappa shape index (κ1) is 18.3. The lowest BCUT2D eigenvalue weighted by Crippen LogP contribution is -2.00. The third kappa shape index (κ3) is 3.48. The van der Waals surface area contributed by atoms with E-state index in [0.717, 1.165) is 22.6 Å². The summed E-state index contributed by atoms with van der Waals surface area (Å²) in [6.45, 7) is 1.99. The van der Waals surface area contributed by atoms with Crippen molar-refractivity contribution in [2.75, 3.05) is 11.6 Å². The number of rotatable bonds is 5. The van der Waals surface area contributed by atoms with Crippen LogP contribution in [-0.2, 0) is 0 Å². The second-order valence-corrected chi connectivity index (χ2v) is 7.22. The Balaban J connectivity index is 1.41. The van der Waals surface area contributed by atoms with E-state index in [4.69, 9.17) is 4.74 Å². The Bertz CT molecular complexity index is 1370. The van der Waals surface area contributed by atoms with Crippen molar-refractivity contribution >= 4 is 39.9 Å². The highest BCUT2D eigenvalue weighted by atomic mass is 32.2. The molecule has 0 aliphatic heterocycles. The molecule has 1 aromatic carbocycles. The highest BCUT2D eigenvalue weighted by Crippen LogP contribution is 2.29. The summed E-state index contributed by atoms with van der Waals surface area (Å²) in [5.74, 6) is 2.08. The normalized spacial score (nSPS) is 11.1. The maximum absolute atomic E-state index is 6.03. The Hall–Kier alpha value is -3.79. The molecule has 5 aromatic rings. The van der Waals surface area contributed by atoms with E-state index in [9.17, 15) is 0 Å². The van der Waals surface area contributed by atoms with Crippen LogP contribution >= 0.6 is 11.8 Å². The number of hydrogen-bond donors (Lipinski definition) is 1. The van der Waals surface area contributed by atoms with Gasteiger partial charge in [0.25, 0.3) is 0 Å². The maximum atomic E-state index is 6.03. The molecule has 0 amide bonds. The van der Waals surface area contributed by atoms with Crippen LogP contribution in [0.3, 0.4) is 0 Å². The molecule has 0 saturated heterocycles. The first-order valence-corrected chi connectivity index (χ1v) is 10.3. The highest BCUT2D eigenvalue weighted by Gasteiger charge is 2.10. The molecule has 30 heavy (non-hydrogen) atoms. The number of nitrogens with one attached hydrogen (secondary N) is 1. The van der Waals surface area contributed by atoms with Gasteiger partial charge in [-0.05, 0) is 43.0 Å². The number of hydrogen-bond acceptors (Lipinski definition) is 9. The molecule has 0 radical (unpaired) electrons. The summed E-state index contributed by atoms with van der Waals surface area (Å²) in [5, 5.41) is 8.08. The lowest BCUT2D eigenvalue weighted by molar-refractivity contribution is 0.478. The van der Waals surface area contributed by atoms with Crippen molar-refractivity contribution in [3.63, 3.8) is 0 Å².